The van der Waals surface area contributed by atoms with Crippen LogP contribution in [0.15, 0.2) is 18.2 Å². The van der Waals surface area contributed by atoms with Gasteiger partial charge < -0.3 is 16.4 Å². The molecule has 1 unspecified atom stereocenters. The molecule has 1 rings (SSSR count). The third-order valence-electron chi connectivity index (χ3n) is 2.19. The number of carbonyl (C=O) groups is 1. The number of hydrogen-bond acceptors (Lipinski definition) is 4. The van der Waals surface area contributed by atoms with Crippen molar-refractivity contribution in [1.29, 1.82) is 0 Å². The van der Waals surface area contributed by atoms with E-state index in [1.807, 2.05) is 13.1 Å². The van der Waals surface area contributed by atoms with Crippen molar-refractivity contribution in [2.24, 2.45) is 11.7 Å². The van der Waals surface area contributed by atoms with Crippen LogP contribution >= 0.6 is 0 Å². The van der Waals surface area contributed by atoms with Crippen molar-refractivity contribution < 1.29 is 4.79 Å². The van der Waals surface area contributed by atoms with Crippen molar-refractivity contribution in [2.75, 3.05) is 25.5 Å². The highest BCUT2D eigenvalue weighted by atomic mass is 16.1. The van der Waals surface area contributed by atoms with Crippen LogP contribution in [-0.2, 0) is 0 Å². The fourth-order valence-corrected chi connectivity index (χ4v) is 1.37. The summed E-state index contributed by atoms with van der Waals surface area (Å²) in [7, 11) is 1.92. The Morgan fingerprint density at radius 1 is 1.50 bits per heavy atom. The van der Waals surface area contributed by atoms with E-state index >= 15 is 0 Å². The Bertz CT molecular complexity index is 354. The van der Waals surface area contributed by atoms with Gasteiger partial charge in [-0.1, -0.05) is 13.0 Å². The number of nitrogens with two attached hydrogens (primary N) is 1. The van der Waals surface area contributed by atoms with Crippen molar-refractivity contribution in [3.8, 4) is 0 Å². The Hall–Kier alpha value is -1.62. The summed E-state index contributed by atoms with van der Waals surface area (Å²) in [5.74, 6) is 0.662. The summed E-state index contributed by atoms with van der Waals surface area (Å²) in [5, 5.41) is 6.26. The van der Waals surface area contributed by atoms with Crippen molar-refractivity contribution in [3.05, 3.63) is 23.9 Å². The van der Waals surface area contributed by atoms with Gasteiger partial charge in [0.2, 0.25) is 0 Å². The standard InChI is InChI=1S/C11H18N4O/c1-8(6-13-2)7-14-10-5-3-4-9(15-10)11(12)16/h3-5,8,13H,6-7H2,1-2H3,(H2,12,16)(H,14,15). The lowest BCUT2D eigenvalue weighted by Gasteiger charge is -2.12. The van der Waals surface area contributed by atoms with Crippen LogP contribution in [0.2, 0.25) is 0 Å². The number of amides is 1. The zero-order chi connectivity index (χ0) is 12.0. The van der Waals surface area contributed by atoms with E-state index in [4.69, 9.17) is 5.73 Å². The van der Waals surface area contributed by atoms with Crippen LogP contribution in [0.3, 0.4) is 0 Å². The molecule has 1 aromatic heterocycles. The minimum Gasteiger partial charge on any atom is -0.370 e. The van der Waals surface area contributed by atoms with E-state index in [1.54, 1.807) is 12.1 Å². The molecule has 1 amide bonds. The number of nitrogens with one attached hydrogen (secondary N) is 2. The zero-order valence-electron chi connectivity index (χ0n) is 9.66. The van der Waals surface area contributed by atoms with E-state index in [1.165, 1.54) is 0 Å². The summed E-state index contributed by atoms with van der Waals surface area (Å²) in [4.78, 5) is 15.0. The van der Waals surface area contributed by atoms with Crippen LogP contribution in [0, 0.1) is 5.92 Å². The molecule has 1 aromatic rings. The van der Waals surface area contributed by atoms with E-state index < -0.39 is 5.91 Å². The predicted octanol–water partition coefficient (Wildman–Crippen LogP) is 0.448. The Morgan fingerprint density at radius 3 is 2.88 bits per heavy atom. The molecule has 88 valence electrons. The van der Waals surface area contributed by atoms with E-state index in [9.17, 15) is 4.79 Å². The first-order chi connectivity index (χ1) is 7.63. The number of primary amides is 1. The second kappa shape index (κ2) is 6.07. The SMILES string of the molecule is CNCC(C)CNc1cccc(C(N)=O)n1. The summed E-state index contributed by atoms with van der Waals surface area (Å²) in [6, 6.07) is 5.18. The number of nitrogens with zero attached hydrogens (tertiary/aromatic N) is 1. The summed E-state index contributed by atoms with van der Waals surface area (Å²) in [5.41, 5.74) is 5.43. The molecule has 1 heterocycles. The van der Waals surface area contributed by atoms with Gasteiger partial charge in [0.25, 0.3) is 5.91 Å². The summed E-state index contributed by atoms with van der Waals surface area (Å²) in [6.45, 7) is 3.86. The average molecular weight is 222 g/mol. The third kappa shape index (κ3) is 3.86. The molecule has 0 radical (unpaired) electrons. The molecule has 0 aliphatic rings. The highest BCUT2D eigenvalue weighted by Gasteiger charge is 2.04. The van der Waals surface area contributed by atoms with Crippen LogP contribution in [0.4, 0.5) is 5.82 Å². The maximum absolute atomic E-state index is 10.9. The number of carbonyl (C=O) groups excluding carboxylic acids is 1. The minimum absolute atomic E-state index is 0.284. The molecule has 0 saturated carbocycles. The molecule has 1 atom stereocenters. The molecule has 5 nitrogen and oxygen atoms in total. The average Bonchev–Trinajstić information content (AvgIpc) is 2.27. The quantitative estimate of drug-likeness (QED) is 0.653. The van der Waals surface area contributed by atoms with Crippen LogP contribution < -0.4 is 16.4 Å². The molecule has 0 aliphatic carbocycles. The molecule has 0 aromatic carbocycles. The lowest BCUT2D eigenvalue weighted by molar-refractivity contribution is 0.0995. The first-order valence-corrected chi connectivity index (χ1v) is 5.28. The van der Waals surface area contributed by atoms with Crippen LogP contribution in [0.1, 0.15) is 17.4 Å². The van der Waals surface area contributed by atoms with Gasteiger partial charge in [0.15, 0.2) is 0 Å². The minimum atomic E-state index is -0.507. The highest BCUT2D eigenvalue weighted by Crippen LogP contribution is 2.05. The molecule has 16 heavy (non-hydrogen) atoms. The molecule has 5 heteroatoms. The van der Waals surface area contributed by atoms with Gasteiger partial charge in [0.1, 0.15) is 11.5 Å². The van der Waals surface area contributed by atoms with Gasteiger partial charge in [-0.3, -0.25) is 4.79 Å². The molecule has 0 spiro atoms. The lowest BCUT2D eigenvalue weighted by Crippen LogP contribution is -2.23. The second-order valence-corrected chi connectivity index (χ2v) is 3.82. The van der Waals surface area contributed by atoms with Gasteiger partial charge in [0.05, 0.1) is 0 Å². The Morgan fingerprint density at radius 2 is 2.25 bits per heavy atom. The summed E-state index contributed by atoms with van der Waals surface area (Å²) < 4.78 is 0. The number of aromatic nitrogens is 1. The molecule has 0 aliphatic heterocycles. The Labute approximate surface area is 95.4 Å². The van der Waals surface area contributed by atoms with Crippen LogP contribution in [0.25, 0.3) is 0 Å². The van der Waals surface area contributed by atoms with Gasteiger partial charge in [-0.15, -0.1) is 0 Å². The third-order valence-corrected chi connectivity index (χ3v) is 2.19. The molecule has 4 N–H and O–H groups in total. The predicted molar refractivity (Wildman–Crippen MR) is 64.3 cm³/mol. The Balaban J connectivity index is 2.54. The molecule has 0 saturated heterocycles. The van der Waals surface area contributed by atoms with Gasteiger partial charge >= 0.3 is 0 Å². The summed E-state index contributed by atoms with van der Waals surface area (Å²) in [6.07, 6.45) is 0. The van der Waals surface area contributed by atoms with E-state index in [-0.39, 0.29) is 5.69 Å². The normalized spacial score (nSPS) is 12.1. The van der Waals surface area contributed by atoms with Gasteiger partial charge in [-0.05, 0) is 31.6 Å². The van der Waals surface area contributed by atoms with Crippen LogP contribution in [0.5, 0.6) is 0 Å². The second-order valence-electron chi connectivity index (χ2n) is 3.82. The van der Waals surface area contributed by atoms with Gasteiger partial charge in [-0.25, -0.2) is 4.98 Å². The maximum Gasteiger partial charge on any atom is 0.267 e. The van der Waals surface area contributed by atoms with E-state index in [2.05, 4.69) is 22.5 Å². The van der Waals surface area contributed by atoms with E-state index in [0.717, 1.165) is 13.1 Å². The monoisotopic (exact) mass is 222 g/mol. The number of hydrogen-bond donors (Lipinski definition) is 3. The first kappa shape index (κ1) is 12.4. The van der Waals surface area contributed by atoms with Crippen LogP contribution in [-0.4, -0.2) is 31.0 Å². The fraction of sp³-hybridized carbons (Fsp3) is 0.455. The summed E-state index contributed by atoms with van der Waals surface area (Å²) >= 11 is 0. The topological polar surface area (TPSA) is 80.0 Å². The molecule has 0 fully saturated rings. The smallest absolute Gasteiger partial charge is 0.267 e. The highest BCUT2D eigenvalue weighted by molar-refractivity contribution is 5.91. The van der Waals surface area contributed by atoms with Gasteiger partial charge in [0, 0.05) is 6.54 Å². The van der Waals surface area contributed by atoms with Crippen molar-refractivity contribution in [3.63, 3.8) is 0 Å². The molecular weight excluding hydrogens is 204 g/mol. The molecule has 0 bridgehead atoms. The van der Waals surface area contributed by atoms with Gasteiger partial charge in [-0.2, -0.15) is 0 Å². The number of anilines is 1. The largest absolute Gasteiger partial charge is 0.370 e. The molecular formula is C11H18N4O. The first-order valence-electron chi connectivity index (χ1n) is 5.28. The van der Waals surface area contributed by atoms with E-state index in [0.29, 0.717) is 11.7 Å². The maximum atomic E-state index is 10.9. The fourth-order valence-electron chi connectivity index (χ4n) is 1.37. The van der Waals surface area contributed by atoms with Crippen molar-refractivity contribution in [1.82, 2.24) is 10.3 Å². The number of rotatable bonds is 6. The Kier molecular flexibility index (Phi) is 4.72. The zero-order valence-corrected chi connectivity index (χ0v) is 9.66. The lowest BCUT2D eigenvalue weighted by atomic mass is 10.2. The van der Waals surface area contributed by atoms with Crippen molar-refractivity contribution in [2.45, 2.75) is 6.92 Å². The number of pyridine rings is 1. The van der Waals surface area contributed by atoms with Crippen molar-refractivity contribution >= 4 is 11.7 Å².